The van der Waals surface area contributed by atoms with Crippen molar-refractivity contribution in [2.24, 2.45) is 0 Å². The SMILES string of the molecule is CSc1cccc2sc(N(CCN3CCOCC3)C(=O)COc3ccc(Cl)cc3)nc12. The second kappa shape index (κ2) is 10.7. The Morgan fingerprint density at radius 1 is 1.26 bits per heavy atom. The number of morpholine rings is 1. The zero-order chi connectivity index (χ0) is 21.6. The maximum Gasteiger partial charge on any atom is 0.266 e. The van der Waals surface area contributed by atoms with E-state index in [-0.39, 0.29) is 12.5 Å². The van der Waals surface area contributed by atoms with Gasteiger partial charge in [0.25, 0.3) is 5.91 Å². The zero-order valence-corrected chi connectivity index (χ0v) is 19.6. The number of amides is 1. The number of ether oxygens (including phenoxy) is 2. The highest BCUT2D eigenvalue weighted by atomic mass is 35.5. The predicted octanol–water partition coefficient (Wildman–Crippen LogP) is 4.42. The smallest absolute Gasteiger partial charge is 0.266 e. The van der Waals surface area contributed by atoms with Gasteiger partial charge in [-0.3, -0.25) is 14.6 Å². The molecule has 1 saturated heterocycles. The molecule has 1 fully saturated rings. The Balaban J connectivity index is 1.52. The number of halogens is 1. The van der Waals surface area contributed by atoms with Crippen LogP contribution < -0.4 is 9.64 Å². The first kappa shape index (κ1) is 22.4. The van der Waals surface area contributed by atoms with Crippen LogP contribution in [0.4, 0.5) is 5.13 Å². The number of hydrogen-bond donors (Lipinski definition) is 0. The van der Waals surface area contributed by atoms with Crippen LogP contribution in [0.25, 0.3) is 10.2 Å². The number of thioether (sulfide) groups is 1. The fourth-order valence-corrected chi connectivity index (χ4v) is 5.13. The third-order valence-corrected chi connectivity index (χ3v) is 7.11. The van der Waals surface area contributed by atoms with Gasteiger partial charge in [0.15, 0.2) is 11.7 Å². The molecule has 0 saturated carbocycles. The largest absolute Gasteiger partial charge is 0.484 e. The van der Waals surface area contributed by atoms with Gasteiger partial charge in [0.2, 0.25) is 0 Å². The molecule has 1 aliphatic heterocycles. The van der Waals surface area contributed by atoms with Crippen molar-refractivity contribution in [3.05, 3.63) is 47.5 Å². The van der Waals surface area contributed by atoms with Crippen LogP contribution in [0.5, 0.6) is 5.75 Å². The Morgan fingerprint density at radius 3 is 2.77 bits per heavy atom. The number of para-hydroxylation sites is 1. The van der Waals surface area contributed by atoms with Crippen LogP contribution in [0, 0.1) is 0 Å². The summed E-state index contributed by atoms with van der Waals surface area (Å²) in [7, 11) is 0. The molecule has 0 aliphatic carbocycles. The van der Waals surface area contributed by atoms with Crippen molar-refractivity contribution in [2.75, 3.05) is 57.2 Å². The van der Waals surface area contributed by atoms with E-state index in [1.54, 1.807) is 40.9 Å². The lowest BCUT2D eigenvalue weighted by Crippen LogP contribution is -2.44. The van der Waals surface area contributed by atoms with Gasteiger partial charge in [-0.15, -0.1) is 11.8 Å². The molecule has 31 heavy (non-hydrogen) atoms. The van der Waals surface area contributed by atoms with E-state index in [1.165, 1.54) is 11.3 Å². The monoisotopic (exact) mass is 477 g/mol. The first-order chi connectivity index (χ1) is 15.1. The van der Waals surface area contributed by atoms with Crippen LogP contribution in [0.15, 0.2) is 47.4 Å². The second-order valence-electron chi connectivity index (χ2n) is 7.05. The van der Waals surface area contributed by atoms with E-state index in [0.717, 1.165) is 48.0 Å². The van der Waals surface area contributed by atoms with E-state index in [1.807, 2.05) is 18.4 Å². The Morgan fingerprint density at radius 2 is 2.03 bits per heavy atom. The van der Waals surface area contributed by atoms with Crippen LogP contribution in [0.2, 0.25) is 5.02 Å². The summed E-state index contributed by atoms with van der Waals surface area (Å²) in [6.45, 7) is 4.46. The van der Waals surface area contributed by atoms with Crippen molar-refractivity contribution >= 4 is 56.0 Å². The lowest BCUT2D eigenvalue weighted by molar-refractivity contribution is -0.120. The molecule has 6 nitrogen and oxygen atoms in total. The quantitative estimate of drug-likeness (QED) is 0.448. The van der Waals surface area contributed by atoms with Crippen LogP contribution in [-0.4, -0.2) is 68.0 Å². The molecule has 9 heteroatoms. The normalized spacial score (nSPS) is 14.6. The number of fused-ring (bicyclic) bond motifs is 1. The Bertz CT molecular complexity index is 1020. The van der Waals surface area contributed by atoms with Crippen LogP contribution in [0.3, 0.4) is 0 Å². The molecule has 0 atom stereocenters. The molecule has 0 radical (unpaired) electrons. The molecule has 0 N–H and O–H groups in total. The summed E-state index contributed by atoms with van der Waals surface area (Å²) in [6, 6.07) is 13.1. The molecule has 2 heterocycles. The molecule has 1 aliphatic rings. The molecular formula is C22H24ClN3O3S2. The fraction of sp³-hybridized carbons (Fsp3) is 0.364. The van der Waals surface area contributed by atoms with Crippen molar-refractivity contribution in [2.45, 2.75) is 4.90 Å². The summed E-state index contributed by atoms with van der Waals surface area (Å²) >= 11 is 9.13. The number of benzene rings is 2. The average molecular weight is 478 g/mol. The highest BCUT2D eigenvalue weighted by Gasteiger charge is 2.22. The minimum Gasteiger partial charge on any atom is -0.484 e. The van der Waals surface area contributed by atoms with E-state index in [4.69, 9.17) is 26.1 Å². The number of hydrogen-bond acceptors (Lipinski definition) is 7. The number of carbonyl (C=O) groups is 1. The van der Waals surface area contributed by atoms with Gasteiger partial charge in [-0.2, -0.15) is 0 Å². The van der Waals surface area contributed by atoms with Crippen molar-refractivity contribution in [1.29, 1.82) is 0 Å². The van der Waals surface area contributed by atoms with Crippen molar-refractivity contribution < 1.29 is 14.3 Å². The standard InChI is InChI=1S/C22H24ClN3O3S2/c1-30-18-3-2-4-19-21(18)24-22(31-19)26(10-9-25-11-13-28-14-12-25)20(27)15-29-17-7-5-16(23)6-8-17/h2-8H,9-15H2,1H3. The van der Waals surface area contributed by atoms with Gasteiger partial charge >= 0.3 is 0 Å². The van der Waals surface area contributed by atoms with Crippen molar-refractivity contribution in [1.82, 2.24) is 9.88 Å². The number of nitrogens with zero attached hydrogens (tertiary/aromatic N) is 3. The molecule has 1 amide bonds. The van der Waals surface area contributed by atoms with Gasteiger partial charge in [0.05, 0.1) is 23.4 Å². The zero-order valence-electron chi connectivity index (χ0n) is 17.3. The second-order valence-corrected chi connectivity index (χ2v) is 9.34. The van der Waals surface area contributed by atoms with Gasteiger partial charge in [-0.1, -0.05) is 29.0 Å². The summed E-state index contributed by atoms with van der Waals surface area (Å²) in [5.74, 6) is 0.493. The van der Waals surface area contributed by atoms with Crippen molar-refractivity contribution in [3.63, 3.8) is 0 Å². The number of thiazole rings is 1. The first-order valence-electron chi connectivity index (χ1n) is 10.1. The summed E-state index contributed by atoms with van der Waals surface area (Å²) in [5, 5.41) is 1.33. The molecule has 2 aromatic carbocycles. The van der Waals surface area contributed by atoms with E-state index in [0.29, 0.717) is 22.4 Å². The van der Waals surface area contributed by atoms with Crippen molar-refractivity contribution in [3.8, 4) is 5.75 Å². The Kier molecular flexibility index (Phi) is 7.68. The Labute approximate surface area is 195 Å². The van der Waals surface area contributed by atoms with Gasteiger partial charge in [0, 0.05) is 36.1 Å². The minimum absolute atomic E-state index is 0.0595. The summed E-state index contributed by atoms with van der Waals surface area (Å²) in [5.41, 5.74) is 0.942. The number of carbonyl (C=O) groups excluding carboxylic acids is 1. The summed E-state index contributed by atoms with van der Waals surface area (Å²) in [6.07, 6.45) is 2.04. The van der Waals surface area contributed by atoms with Crippen LogP contribution in [-0.2, 0) is 9.53 Å². The molecule has 164 valence electrons. The van der Waals surface area contributed by atoms with Crippen LogP contribution >= 0.6 is 34.7 Å². The third-order valence-electron chi connectivity index (χ3n) is 5.04. The average Bonchev–Trinajstić information content (AvgIpc) is 3.23. The summed E-state index contributed by atoms with van der Waals surface area (Å²) in [4.78, 5) is 23.2. The molecule has 1 aromatic heterocycles. The maximum atomic E-state index is 13.2. The molecule has 3 aromatic rings. The molecule has 0 spiro atoms. The maximum absolute atomic E-state index is 13.2. The third kappa shape index (κ3) is 5.70. The van der Waals surface area contributed by atoms with E-state index >= 15 is 0 Å². The van der Waals surface area contributed by atoms with Gasteiger partial charge in [-0.05, 0) is 42.7 Å². The fourth-order valence-electron chi connectivity index (χ4n) is 3.34. The van der Waals surface area contributed by atoms with E-state index in [9.17, 15) is 4.79 Å². The number of aromatic nitrogens is 1. The Hall–Kier alpha value is -1.84. The highest BCUT2D eigenvalue weighted by molar-refractivity contribution is 7.98. The summed E-state index contributed by atoms with van der Waals surface area (Å²) < 4.78 is 12.2. The molecule has 4 rings (SSSR count). The number of anilines is 1. The lowest BCUT2D eigenvalue weighted by Gasteiger charge is -2.29. The molecule has 0 bridgehead atoms. The number of rotatable bonds is 8. The van der Waals surface area contributed by atoms with Crippen LogP contribution in [0.1, 0.15) is 0 Å². The van der Waals surface area contributed by atoms with E-state index < -0.39 is 0 Å². The van der Waals surface area contributed by atoms with Gasteiger partial charge in [0.1, 0.15) is 5.75 Å². The lowest BCUT2D eigenvalue weighted by atomic mass is 10.3. The van der Waals surface area contributed by atoms with Gasteiger partial charge in [-0.25, -0.2) is 4.98 Å². The molecule has 0 unspecified atom stereocenters. The first-order valence-corrected chi connectivity index (χ1v) is 12.5. The van der Waals surface area contributed by atoms with Gasteiger partial charge < -0.3 is 9.47 Å². The van der Waals surface area contributed by atoms with E-state index in [2.05, 4.69) is 11.0 Å². The topological polar surface area (TPSA) is 54.9 Å². The highest BCUT2D eigenvalue weighted by Crippen LogP contribution is 2.34. The molecular weight excluding hydrogens is 454 g/mol. The predicted molar refractivity (Wildman–Crippen MR) is 128 cm³/mol. The minimum atomic E-state index is -0.118.